The Morgan fingerprint density at radius 1 is 1.21 bits per heavy atom. The molecule has 0 amide bonds. The third-order valence-corrected chi connectivity index (χ3v) is 4.15. The van der Waals surface area contributed by atoms with Crippen molar-refractivity contribution in [2.24, 2.45) is 5.73 Å². The lowest BCUT2D eigenvalue weighted by Gasteiger charge is -2.10. The van der Waals surface area contributed by atoms with Crippen molar-refractivity contribution in [3.05, 3.63) is 35.1 Å². The van der Waals surface area contributed by atoms with Crippen molar-refractivity contribution >= 4 is 27.5 Å². The Morgan fingerprint density at radius 3 is 2.71 bits per heavy atom. The third-order valence-electron chi connectivity index (χ3n) is 3.53. The summed E-state index contributed by atoms with van der Waals surface area (Å²) in [7, 11) is 3.24. The number of nitrogens with one attached hydrogen (secondary N) is 1. The van der Waals surface area contributed by atoms with Crippen LogP contribution in [0.15, 0.2) is 35.1 Å². The van der Waals surface area contributed by atoms with Gasteiger partial charge in [0.05, 0.1) is 24.4 Å². The van der Waals surface area contributed by atoms with Crippen LogP contribution in [0.3, 0.4) is 0 Å². The van der Waals surface area contributed by atoms with E-state index in [0.29, 0.717) is 30.4 Å². The van der Waals surface area contributed by atoms with Crippen LogP contribution in [0.2, 0.25) is 0 Å². The quantitative estimate of drug-likeness (QED) is 0.671. The molecule has 0 aliphatic heterocycles. The first kappa shape index (κ1) is 16.5. The highest BCUT2D eigenvalue weighted by molar-refractivity contribution is 9.10. The molecule has 0 saturated heterocycles. The molecule has 3 N–H and O–H groups in total. The number of ether oxygens (including phenoxy) is 2. The van der Waals surface area contributed by atoms with Crippen LogP contribution in [0.1, 0.15) is 0 Å². The molecule has 2 aromatic heterocycles. The van der Waals surface area contributed by atoms with E-state index < -0.39 is 0 Å². The Morgan fingerprint density at radius 2 is 2.00 bits per heavy atom. The van der Waals surface area contributed by atoms with Crippen molar-refractivity contribution in [3.63, 3.8) is 0 Å². The molecule has 0 aliphatic carbocycles. The van der Waals surface area contributed by atoms with E-state index in [2.05, 4.69) is 31.2 Å². The van der Waals surface area contributed by atoms with Crippen molar-refractivity contribution in [3.8, 4) is 22.8 Å². The maximum absolute atomic E-state index is 5.50. The summed E-state index contributed by atoms with van der Waals surface area (Å²) in [5.41, 5.74) is 7.12. The van der Waals surface area contributed by atoms with Crippen molar-refractivity contribution < 1.29 is 9.47 Å². The molecule has 2 heterocycles. The van der Waals surface area contributed by atoms with Gasteiger partial charge >= 0.3 is 0 Å². The molecule has 3 rings (SSSR count). The van der Waals surface area contributed by atoms with Crippen LogP contribution >= 0.6 is 15.9 Å². The van der Waals surface area contributed by atoms with Gasteiger partial charge in [-0.3, -0.25) is 4.40 Å². The van der Waals surface area contributed by atoms with E-state index in [1.165, 1.54) is 0 Å². The van der Waals surface area contributed by atoms with Crippen molar-refractivity contribution in [1.29, 1.82) is 0 Å². The van der Waals surface area contributed by atoms with Gasteiger partial charge in [0.15, 0.2) is 0 Å². The summed E-state index contributed by atoms with van der Waals surface area (Å²) in [6, 6.07) is 5.63. The van der Waals surface area contributed by atoms with E-state index in [-0.39, 0.29) is 0 Å². The highest BCUT2D eigenvalue weighted by atomic mass is 79.9. The number of hydrogen-bond donors (Lipinski definition) is 2. The second-order valence-electron chi connectivity index (χ2n) is 5.05. The molecule has 0 atom stereocenters. The maximum atomic E-state index is 5.50. The predicted molar refractivity (Wildman–Crippen MR) is 96.8 cm³/mol. The SMILES string of the molecule is COc1cc(OC)c(-c2cn3ccc(NCCN)nc3n2)cc1Br. The largest absolute Gasteiger partial charge is 0.496 e. The second-order valence-corrected chi connectivity index (χ2v) is 5.90. The fraction of sp³-hybridized carbons (Fsp3) is 0.250. The summed E-state index contributed by atoms with van der Waals surface area (Å²) in [5, 5.41) is 3.14. The number of nitrogens with zero attached hydrogens (tertiary/aromatic N) is 3. The molecular formula is C16H18BrN5O2. The Hall–Kier alpha value is -2.32. The minimum absolute atomic E-state index is 0.545. The monoisotopic (exact) mass is 391 g/mol. The third kappa shape index (κ3) is 3.15. The molecule has 126 valence electrons. The Labute approximate surface area is 147 Å². The van der Waals surface area contributed by atoms with Crippen molar-refractivity contribution in [1.82, 2.24) is 14.4 Å². The average molecular weight is 392 g/mol. The minimum Gasteiger partial charge on any atom is -0.496 e. The summed E-state index contributed by atoms with van der Waals surface area (Å²) < 4.78 is 13.5. The predicted octanol–water partition coefficient (Wildman–Crippen LogP) is 2.55. The van der Waals surface area contributed by atoms with Gasteiger partial charge in [-0.15, -0.1) is 0 Å². The topological polar surface area (TPSA) is 86.7 Å². The number of benzene rings is 1. The molecule has 0 bridgehead atoms. The van der Waals surface area contributed by atoms with Crippen molar-refractivity contribution in [2.75, 3.05) is 32.6 Å². The van der Waals surface area contributed by atoms with Gasteiger partial charge in [0.1, 0.15) is 17.3 Å². The maximum Gasteiger partial charge on any atom is 0.236 e. The second kappa shape index (κ2) is 7.06. The van der Waals surface area contributed by atoms with E-state index in [9.17, 15) is 0 Å². The zero-order valence-electron chi connectivity index (χ0n) is 13.4. The first-order valence-electron chi connectivity index (χ1n) is 7.38. The highest BCUT2D eigenvalue weighted by Crippen LogP contribution is 2.38. The number of methoxy groups -OCH3 is 2. The minimum atomic E-state index is 0.545. The molecular weight excluding hydrogens is 374 g/mol. The first-order valence-corrected chi connectivity index (χ1v) is 8.17. The van der Waals surface area contributed by atoms with Crippen LogP contribution in [0.4, 0.5) is 5.82 Å². The number of aromatic nitrogens is 3. The van der Waals surface area contributed by atoms with Gasteiger partial charge in [0, 0.05) is 37.1 Å². The number of fused-ring (bicyclic) bond motifs is 1. The Balaban J connectivity index is 2.04. The van der Waals surface area contributed by atoms with Crippen LogP contribution in [0, 0.1) is 0 Å². The van der Waals surface area contributed by atoms with Crippen LogP contribution in [0.25, 0.3) is 17.0 Å². The fourth-order valence-corrected chi connectivity index (χ4v) is 2.87. The number of rotatable bonds is 6. The lowest BCUT2D eigenvalue weighted by Crippen LogP contribution is -2.14. The van der Waals surface area contributed by atoms with Gasteiger partial charge < -0.3 is 20.5 Å². The lowest BCUT2D eigenvalue weighted by molar-refractivity contribution is 0.393. The summed E-state index contributed by atoms with van der Waals surface area (Å²) in [6.07, 6.45) is 3.81. The molecule has 0 aliphatic rings. The van der Waals surface area contributed by atoms with Gasteiger partial charge in [-0.25, -0.2) is 4.98 Å². The molecule has 0 fully saturated rings. The van der Waals surface area contributed by atoms with Gasteiger partial charge in [-0.1, -0.05) is 0 Å². The normalized spacial score (nSPS) is 10.8. The number of hydrogen-bond acceptors (Lipinski definition) is 6. The highest BCUT2D eigenvalue weighted by Gasteiger charge is 2.15. The molecule has 0 unspecified atom stereocenters. The zero-order chi connectivity index (χ0) is 17.1. The smallest absolute Gasteiger partial charge is 0.236 e. The van der Waals surface area contributed by atoms with Crippen LogP contribution in [-0.4, -0.2) is 41.7 Å². The van der Waals surface area contributed by atoms with Crippen LogP contribution in [0.5, 0.6) is 11.5 Å². The molecule has 0 spiro atoms. The number of anilines is 1. The Bertz CT molecular complexity index is 865. The molecule has 3 aromatic rings. The molecule has 1 aromatic carbocycles. The van der Waals surface area contributed by atoms with Crippen molar-refractivity contribution in [2.45, 2.75) is 0 Å². The number of nitrogens with two attached hydrogens (primary N) is 1. The fourth-order valence-electron chi connectivity index (χ4n) is 2.36. The molecule has 7 nitrogen and oxygen atoms in total. The zero-order valence-corrected chi connectivity index (χ0v) is 15.0. The number of halogens is 1. The first-order chi connectivity index (χ1) is 11.7. The van der Waals surface area contributed by atoms with E-state index in [4.69, 9.17) is 15.2 Å². The Kier molecular flexibility index (Phi) is 4.86. The van der Waals surface area contributed by atoms with Gasteiger partial charge in [-0.2, -0.15) is 4.98 Å². The summed E-state index contributed by atoms with van der Waals surface area (Å²) in [6.45, 7) is 1.21. The van der Waals surface area contributed by atoms with Crippen LogP contribution < -0.4 is 20.5 Å². The van der Waals surface area contributed by atoms with E-state index in [1.807, 2.05) is 35.0 Å². The molecule has 24 heavy (non-hydrogen) atoms. The summed E-state index contributed by atoms with van der Waals surface area (Å²) in [5.74, 6) is 2.72. The number of imidazole rings is 1. The standard InChI is InChI=1S/C16H18BrN5O2/c1-23-13-8-14(24-2)11(17)7-10(13)12-9-22-6-3-15(19-5-4-18)21-16(22)20-12/h3,6-9H,4-5,18H2,1-2H3,(H,19,20,21). The van der Waals surface area contributed by atoms with E-state index in [0.717, 1.165) is 21.5 Å². The molecule has 8 heteroatoms. The summed E-state index contributed by atoms with van der Waals surface area (Å²) >= 11 is 3.50. The lowest BCUT2D eigenvalue weighted by atomic mass is 10.1. The summed E-state index contributed by atoms with van der Waals surface area (Å²) in [4.78, 5) is 9.07. The van der Waals surface area contributed by atoms with E-state index >= 15 is 0 Å². The van der Waals surface area contributed by atoms with E-state index in [1.54, 1.807) is 14.2 Å². The van der Waals surface area contributed by atoms with Gasteiger partial charge in [0.2, 0.25) is 5.78 Å². The average Bonchev–Trinajstić information content (AvgIpc) is 3.02. The molecule has 0 saturated carbocycles. The molecule has 0 radical (unpaired) electrons. The van der Waals surface area contributed by atoms with Crippen LogP contribution in [-0.2, 0) is 0 Å². The van der Waals surface area contributed by atoms with Gasteiger partial charge in [-0.05, 0) is 28.1 Å². The van der Waals surface area contributed by atoms with Gasteiger partial charge in [0.25, 0.3) is 0 Å².